The van der Waals surface area contributed by atoms with Gasteiger partial charge in [-0.3, -0.25) is 9.59 Å². The van der Waals surface area contributed by atoms with Crippen molar-refractivity contribution in [2.45, 2.75) is 33.2 Å². The fourth-order valence-corrected chi connectivity index (χ4v) is 2.39. The van der Waals surface area contributed by atoms with Crippen LogP contribution in [-0.4, -0.2) is 18.3 Å². The van der Waals surface area contributed by atoms with Crippen LogP contribution in [0.4, 0.5) is 0 Å². The van der Waals surface area contributed by atoms with Crippen LogP contribution in [0.3, 0.4) is 0 Å². The number of benzene rings is 2. The van der Waals surface area contributed by atoms with Crippen LogP contribution in [0, 0.1) is 6.92 Å². The minimum Gasteiger partial charge on any atom is -0.494 e. The zero-order chi connectivity index (χ0) is 17.4. The lowest BCUT2D eigenvalue weighted by Crippen LogP contribution is -2.23. The molecule has 2 aromatic carbocycles. The summed E-state index contributed by atoms with van der Waals surface area (Å²) < 4.78 is 5.35. The molecule has 0 atom stereocenters. The van der Waals surface area contributed by atoms with E-state index in [1.165, 1.54) is 0 Å². The summed E-state index contributed by atoms with van der Waals surface area (Å²) in [7, 11) is 0. The smallest absolute Gasteiger partial charge is 0.220 e. The Morgan fingerprint density at radius 1 is 1.04 bits per heavy atom. The zero-order valence-electron chi connectivity index (χ0n) is 14.2. The van der Waals surface area contributed by atoms with Crippen molar-refractivity contribution >= 4 is 11.7 Å². The van der Waals surface area contributed by atoms with Gasteiger partial charge in [-0.2, -0.15) is 0 Å². The SMILES string of the molecule is CCOc1ccc(C(=O)CCC(=O)NCc2cccc(C)c2)cc1. The number of hydrogen-bond acceptors (Lipinski definition) is 3. The Labute approximate surface area is 142 Å². The topological polar surface area (TPSA) is 55.4 Å². The van der Waals surface area contributed by atoms with Gasteiger partial charge in [0.25, 0.3) is 0 Å². The average molecular weight is 325 g/mol. The Morgan fingerprint density at radius 2 is 1.79 bits per heavy atom. The molecule has 1 N–H and O–H groups in total. The molecule has 0 saturated carbocycles. The highest BCUT2D eigenvalue weighted by atomic mass is 16.5. The summed E-state index contributed by atoms with van der Waals surface area (Å²) in [4.78, 5) is 24.0. The highest BCUT2D eigenvalue weighted by Crippen LogP contribution is 2.14. The van der Waals surface area contributed by atoms with Gasteiger partial charge in [-0.05, 0) is 43.7 Å². The van der Waals surface area contributed by atoms with Crippen LogP contribution in [0.25, 0.3) is 0 Å². The van der Waals surface area contributed by atoms with E-state index in [4.69, 9.17) is 4.74 Å². The van der Waals surface area contributed by atoms with Gasteiger partial charge in [-0.15, -0.1) is 0 Å². The summed E-state index contributed by atoms with van der Waals surface area (Å²) in [5.74, 6) is 0.587. The third kappa shape index (κ3) is 5.54. The molecule has 0 bridgehead atoms. The number of nitrogens with one attached hydrogen (secondary N) is 1. The number of carbonyl (C=O) groups is 2. The molecule has 0 unspecified atom stereocenters. The van der Waals surface area contributed by atoms with Crippen molar-refractivity contribution in [1.82, 2.24) is 5.32 Å². The number of Topliss-reactive ketones (excluding diaryl/α,β-unsaturated/α-hetero) is 1. The van der Waals surface area contributed by atoms with Gasteiger partial charge < -0.3 is 10.1 Å². The third-order valence-corrected chi connectivity index (χ3v) is 3.64. The normalized spacial score (nSPS) is 10.2. The number of carbonyl (C=O) groups excluding carboxylic acids is 2. The van der Waals surface area contributed by atoms with Crippen LogP contribution >= 0.6 is 0 Å². The molecule has 0 heterocycles. The first-order valence-corrected chi connectivity index (χ1v) is 8.17. The van der Waals surface area contributed by atoms with E-state index in [2.05, 4.69) is 5.32 Å². The number of aryl methyl sites for hydroxylation is 1. The van der Waals surface area contributed by atoms with Crippen LogP contribution < -0.4 is 10.1 Å². The quantitative estimate of drug-likeness (QED) is 0.753. The van der Waals surface area contributed by atoms with Gasteiger partial charge in [0, 0.05) is 24.9 Å². The summed E-state index contributed by atoms with van der Waals surface area (Å²) in [6.45, 7) is 5.00. The molecular weight excluding hydrogens is 302 g/mol. The van der Waals surface area contributed by atoms with Crippen LogP contribution in [0.15, 0.2) is 48.5 Å². The second kappa shape index (κ2) is 8.87. The van der Waals surface area contributed by atoms with Crippen LogP contribution in [-0.2, 0) is 11.3 Å². The molecule has 4 heteroatoms. The van der Waals surface area contributed by atoms with E-state index in [0.29, 0.717) is 18.7 Å². The van der Waals surface area contributed by atoms with Crippen molar-refractivity contribution < 1.29 is 14.3 Å². The fourth-order valence-electron chi connectivity index (χ4n) is 2.39. The van der Waals surface area contributed by atoms with Gasteiger partial charge in [-0.25, -0.2) is 0 Å². The lowest BCUT2D eigenvalue weighted by Gasteiger charge is -2.07. The Balaban J connectivity index is 1.77. The molecule has 0 spiro atoms. The fraction of sp³-hybridized carbons (Fsp3) is 0.300. The van der Waals surface area contributed by atoms with Gasteiger partial charge in [0.15, 0.2) is 5.78 Å². The van der Waals surface area contributed by atoms with E-state index in [-0.39, 0.29) is 24.5 Å². The van der Waals surface area contributed by atoms with E-state index < -0.39 is 0 Å². The summed E-state index contributed by atoms with van der Waals surface area (Å²) in [6, 6.07) is 15.0. The van der Waals surface area contributed by atoms with Crippen LogP contribution in [0.5, 0.6) is 5.75 Å². The molecule has 2 rings (SSSR count). The summed E-state index contributed by atoms with van der Waals surface area (Å²) in [6.07, 6.45) is 0.394. The van der Waals surface area contributed by atoms with E-state index in [0.717, 1.165) is 16.9 Å². The summed E-state index contributed by atoms with van der Waals surface area (Å²) >= 11 is 0. The molecule has 0 aliphatic carbocycles. The van der Waals surface area contributed by atoms with E-state index in [1.54, 1.807) is 24.3 Å². The molecule has 0 aliphatic rings. The maximum Gasteiger partial charge on any atom is 0.220 e. The molecule has 0 aliphatic heterocycles. The first-order valence-electron chi connectivity index (χ1n) is 8.17. The van der Waals surface area contributed by atoms with Gasteiger partial charge in [0.2, 0.25) is 5.91 Å². The molecule has 0 fully saturated rings. The average Bonchev–Trinajstić information content (AvgIpc) is 2.59. The first kappa shape index (κ1) is 17.7. The van der Waals surface area contributed by atoms with Crippen molar-refractivity contribution in [2.24, 2.45) is 0 Å². The summed E-state index contributed by atoms with van der Waals surface area (Å²) in [5, 5.41) is 2.85. The Hall–Kier alpha value is -2.62. The van der Waals surface area contributed by atoms with Crippen molar-refractivity contribution in [3.8, 4) is 5.75 Å². The van der Waals surface area contributed by atoms with Crippen molar-refractivity contribution in [2.75, 3.05) is 6.61 Å². The number of ether oxygens (including phenoxy) is 1. The molecule has 0 radical (unpaired) electrons. The minimum atomic E-state index is -0.115. The second-order valence-corrected chi connectivity index (χ2v) is 5.65. The number of ketones is 1. The standard InChI is InChI=1S/C20H23NO3/c1-3-24-18-9-7-17(8-10-18)19(22)11-12-20(23)21-14-16-6-4-5-15(2)13-16/h4-10,13H,3,11-12,14H2,1-2H3,(H,21,23). The number of rotatable bonds is 8. The van der Waals surface area contributed by atoms with Crippen LogP contribution in [0.1, 0.15) is 41.3 Å². The molecule has 1 amide bonds. The molecule has 0 saturated heterocycles. The number of hydrogen-bond donors (Lipinski definition) is 1. The summed E-state index contributed by atoms with van der Waals surface area (Å²) in [5.41, 5.74) is 2.82. The van der Waals surface area contributed by atoms with Gasteiger partial charge >= 0.3 is 0 Å². The van der Waals surface area contributed by atoms with Crippen LogP contribution in [0.2, 0.25) is 0 Å². The van der Waals surface area contributed by atoms with Gasteiger partial charge in [0.1, 0.15) is 5.75 Å². The second-order valence-electron chi connectivity index (χ2n) is 5.65. The lowest BCUT2D eigenvalue weighted by atomic mass is 10.1. The molecule has 4 nitrogen and oxygen atoms in total. The van der Waals surface area contributed by atoms with Crippen molar-refractivity contribution in [1.29, 1.82) is 0 Å². The maximum atomic E-state index is 12.1. The minimum absolute atomic E-state index is 0.0382. The molecule has 0 aromatic heterocycles. The van der Waals surface area contributed by atoms with E-state index in [1.807, 2.05) is 38.1 Å². The van der Waals surface area contributed by atoms with Gasteiger partial charge in [-0.1, -0.05) is 29.8 Å². The Bertz CT molecular complexity index is 692. The predicted octanol–water partition coefficient (Wildman–Crippen LogP) is 3.67. The largest absolute Gasteiger partial charge is 0.494 e. The number of amides is 1. The maximum absolute atomic E-state index is 12.1. The predicted molar refractivity (Wildman–Crippen MR) is 94.2 cm³/mol. The van der Waals surface area contributed by atoms with E-state index in [9.17, 15) is 9.59 Å². The lowest BCUT2D eigenvalue weighted by molar-refractivity contribution is -0.121. The highest BCUT2D eigenvalue weighted by Gasteiger charge is 2.09. The molecular formula is C20H23NO3. The zero-order valence-corrected chi connectivity index (χ0v) is 14.2. The molecule has 24 heavy (non-hydrogen) atoms. The third-order valence-electron chi connectivity index (χ3n) is 3.64. The van der Waals surface area contributed by atoms with Gasteiger partial charge in [0.05, 0.1) is 6.61 Å². The molecule has 126 valence electrons. The van der Waals surface area contributed by atoms with Crippen molar-refractivity contribution in [3.63, 3.8) is 0 Å². The Morgan fingerprint density at radius 3 is 2.46 bits per heavy atom. The van der Waals surface area contributed by atoms with E-state index >= 15 is 0 Å². The monoisotopic (exact) mass is 325 g/mol. The highest BCUT2D eigenvalue weighted by molar-refractivity contribution is 5.98. The first-order chi connectivity index (χ1) is 11.6. The Kier molecular flexibility index (Phi) is 6.55. The van der Waals surface area contributed by atoms with Crippen molar-refractivity contribution in [3.05, 3.63) is 65.2 Å². The molecule has 2 aromatic rings.